The zero-order valence-corrected chi connectivity index (χ0v) is 13.9. The summed E-state index contributed by atoms with van der Waals surface area (Å²) in [6, 6.07) is 8.71. The Bertz CT molecular complexity index is 757. The SMILES string of the molecule is CCOC(Cc1ccn(CCOc2ccc(F)cc2)c(=O)c1)C(=O)O. The summed E-state index contributed by atoms with van der Waals surface area (Å²) in [5, 5.41) is 9.08. The Morgan fingerprint density at radius 1 is 1.28 bits per heavy atom. The van der Waals surface area contributed by atoms with E-state index in [4.69, 9.17) is 14.6 Å². The summed E-state index contributed by atoms with van der Waals surface area (Å²) < 4.78 is 24.9. The normalized spacial score (nSPS) is 11.9. The summed E-state index contributed by atoms with van der Waals surface area (Å²) in [4.78, 5) is 23.2. The van der Waals surface area contributed by atoms with Gasteiger partial charge in [0.25, 0.3) is 5.56 Å². The first-order valence-corrected chi connectivity index (χ1v) is 7.91. The van der Waals surface area contributed by atoms with Crippen LogP contribution in [0.15, 0.2) is 47.4 Å². The van der Waals surface area contributed by atoms with Gasteiger partial charge in [-0.15, -0.1) is 0 Å². The number of carbonyl (C=O) groups is 1. The van der Waals surface area contributed by atoms with Gasteiger partial charge in [0, 0.05) is 25.3 Å². The van der Waals surface area contributed by atoms with E-state index in [9.17, 15) is 14.0 Å². The van der Waals surface area contributed by atoms with E-state index < -0.39 is 12.1 Å². The molecule has 1 unspecified atom stereocenters. The molecule has 0 bridgehead atoms. The smallest absolute Gasteiger partial charge is 0.333 e. The Labute approximate surface area is 144 Å². The van der Waals surface area contributed by atoms with Crippen molar-refractivity contribution < 1.29 is 23.8 Å². The van der Waals surface area contributed by atoms with Crippen LogP contribution in [0.3, 0.4) is 0 Å². The van der Waals surface area contributed by atoms with Gasteiger partial charge in [0.15, 0.2) is 6.10 Å². The second kappa shape index (κ2) is 8.98. The Kier molecular flexibility index (Phi) is 6.71. The Morgan fingerprint density at radius 2 is 2.00 bits per heavy atom. The molecule has 1 atom stereocenters. The van der Waals surface area contributed by atoms with Gasteiger partial charge in [-0.2, -0.15) is 0 Å². The maximum Gasteiger partial charge on any atom is 0.333 e. The maximum absolute atomic E-state index is 12.8. The highest BCUT2D eigenvalue weighted by molar-refractivity contribution is 5.72. The lowest BCUT2D eigenvalue weighted by Gasteiger charge is -2.13. The number of aromatic nitrogens is 1. The van der Waals surface area contributed by atoms with E-state index >= 15 is 0 Å². The van der Waals surface area contributed by atoms with Gasteiger partial charge >= 0.3 is 5.97 Å². The minimum absolute atomic E-state index is 0.130. The molecule has 25 heavy (non-hydrogen) atoms. The zero-order valence-electron chi connectivity index (χ0n) is 13.9. The Hall–Kier alpha value is -2.67. The fraction of sp³-hybridized carbons (Fsp3) is 0.333. The molecule has 1 aromatic heterocycles. The number of carboxylic acid groups (broad SMARTS) is 1. The Morgan fingerprint density at radius 3 is 2.60 bits per heavy atom. The predicted molar refractivity (Wildman–Crippen MR) is 89.4 cm³/mol. The molecule has 0 aliphatic rings. The number of pyridine rings is 1. The summed E-state index contributed by atoms with van der Waals surface area (Å²) in [5.41, 5.74) is 0.349. The third kappa shape index (κ3) is 5.72. The molecule has 0 spiro atoms. The molecule has 1 aromatic carbocycles. The Balaban J connectivity index is 1.93. The minimum Gasteiger partial charge on any atom is -0.492 e. The number of aliphatic carboxylic acids is 1. The molecule has 2 rings (SSSR count). The molecule has 0 saturated heterocycles. The molecular formula is C18H20FNO5. The molecule has 0 radical (unpaired) electrons. The molecule has 0 aliphatic carbocycles. The number of benzene rings is 1. The lowest BCUT2D eigenvalue weighted by Crippen LogP contribution is -2.28. The third-order valence-corrected chi connectivity index (χ3v) is 3.54. The van der Waals surface area contributed by atoms with E-state index in [0.717, 1.165) is 0 Å². The van der Waals surface area contributed by atoms with Crippen LogP contribution in [0.1, 0.15) is 12.5 Å². The molecule has 0 amide bonds. The number of hydrogen-bond acceptors (Lipinski definition) is 4. The quantitative estimate of drug-likeness (QED) is 0.750. The third-order valence-electron chi connectivity index (χ3n) is 3.54. The highest BCUT2D eigenvalue weighted by Gasteiger charge is 2.18. The maximum atomic E-state index is 12.8. The molecule has 1 heterocycles. The molecule has 0 aliphatic heterocycles. The van der Waals surface area contributed by atoms with E-state index in [2.05, 4.69) is 0 Å². The number of ether oxygens (including phenoxy) is 2. The molecule has 1 N–H and O–H groups in total. The van der Waals surface area contributed by atoms with Crippen molar-refractivity contribution in [2.24, 2.45) is 0 Å². The van der Waals surface area contributed by atoms with Crippen LogP contribution < -0.4 is 10.3 Å². The van der Waals surface area contributed by atoms with Crippen molar-refractivity contribution >= 4 is 5.97 Å². The van der Waals surface area contributed by atoms with Gasteiger partial charge in [-0.1, -0.05) is 0 Å². The summed E-state index contributed by atoms with van der Waals surface area (Å²) in [6.45, 7) is 2.58. The minimum atomic E-state index is -1.06. The first-order valence-electron chi connectivity index (χ1n) is 7.91. The van der Waals surface area contributed by atoms with Crippen LogP contribution in [-0.2, 0) is 22.5 Å². The average molecular weight is 349 g/mol. The van der Waals surface area contributed by atoms with E-state index in [1.54, 1.807) is 19.2 Å². The van der Waals surface area contributed by atoms with Gasteiger partial charge in [0.1, 0.15) is 18.2 Å². The van der Waals surface area contributed by atoms with Crippen molar-refractivity contribution in [1.29, 1.82) is 0 Å². The lowest BCUT2D eigenvalue weighted by atomic mass is 10.1. The standard InChI is InChI=1S/C18H20FNO5/c1-2-24-16(18(22)23)11-13-7-8-20(17(21)12-13)9-10-25-15-5-3-14(19)4-6-15/h3-8,12,16H,2,9-11H2,1H3,(H,22,23). The second-order valence-electron chi connectivity index (χ2n) is 5.36. The van der Waals surface area contributed by atoms with Crippen LogP contribution in [0.25, 0.3) is 0 Å². The first-order chi connectivity index (χ1) is 12.0. The highest BCUT2D eigenvalue weighted by Crippen LogP contribution is 2.11. The van der Waals surface area contributed by atoms with Gasteiger partial charge in [-0.3, -0.25) is 4.79 Å². The number of nitrogens with zero attached hydrogens (tertiary/aromatic N) is 1. The molecular weight excluding hydrogens is 329 g/mol. The average Bonchev–Trinajstić information content (AvgIpc) is 2.58. The molecule has 0 saturated carbocycles. The van der Waals surface area contributed by atoms with Crippen LogP contribution in [0.5, 0.6) is 5.75 Å². The molecule has 6 nitrogen and oxygen atoms in total. The van der Waals surface area contributed by atoms with Gasteiger partial charge in [-0.25, -0.2) is 9.18 Å². The highest BCUT2D eigenvalue weighted by atomic mass is 19.1. The van der Waals surface area contributed by atoms with Gasteiger partial charge < -0.3 is 19.1 Å². The van der Waals surface area contributed by atoms with Crippen LogP contribution in [-0.4, -0.2) is 35.0 Å². The number of hydrogen-bond donors (Lipinski definition) is 1. The zero-order chi connectivity index (χ0) is 18.2. The number of carboxylic acids is 1. The van der Waals surface area contributed by atoms with E-state index in [1.807, 2.05) is 0 Å². The summed E-state index contributed by atoms with van der Waals surface area (Å²) in [6.07, 6.45) is 0.754. The molecule has 7 heteroatoms. The largest absolute Gasteiger partial charge is 0.492 e. The fourth-order valence-corrected chi connectivity index (χ4v) is 2.29. The first kappa shape index (κ1) is 18.7. The van der Waals surface area contributed by atoms with E-state index in [-0.39, 0.29) is 31.0 Å². The monoisotopic (exact) mass is 349 g/mol. The van der Waals surface area contributed by atoms with Crippen molar-refractivity contribution in [2.45, 2.75) is 26.0 Å². The molecule has 0 fully saturated rings. The van der Waals surface area contributed by atoms with Crippen LogP contribution >= 0.6 is 0 Å². The van der Waals surface area contributed by atoms with Crippen molar-refractivity contribution in [1.82, 2.24) is 4.57 Å². The number of rotatable bonds is 9. The number of halogens is 1. The summed E-state index contributed by atoms with van der Waals surface area (Å²) >= 11 is 0. The van der Waals surface area contributed by atoms with Crippen molar-refractivity contribution in [3.05, 3.63) is 64.3 Å². The predicted octanol–water partition coefficient (Wildman–Crippen LogP) is 2.10. The van der Waals surface area contributed by atoms with Crippen LogP contribution in [0, 0.1) is 5.82 Å². The van der Waals surface area contributed by atoms with Crippen LogP contribution in [0.2, 0.25) is 0 Å². The molecule has 2 aromatic rings. The molecule has 134 valence electrons. The summed E-state index contributed by atoms with van der Waals surface area (Å²) in [5.74, 6) is -0.878. The van der Waals surface area contributed by atoms with Crippen molar-refractivity contribution in [3.63, 3.8) is 0 Å². The van der Waals surface area contributed by atoms with E-state index in [1.165, 1.54) is 34.9 Å². The van der Waals surface area contributed by atoms with Crippen molar-refractivity contribution in [2.75, 3.05) is 13.2 Å². The fourth-order valence-electron chi connectivity index (χ4n) is 2.29. The second-order valence-corrected chi connectivity index (χ2v) is 5.36. The van der Waals surface area contributed by atoms with Crippen molar-refractivity contribution in [3.8, 4) is 5.75 Å². The van der Waals surface area contributed by atoms with Gasteiger partial charge in [0.05, 0.1) is 6.54 Å². The van der Waals surface area contributed by atoms with Gasteiger partial charge in [-0.05, 0) is 42.8 Å². The lowest BCUT2D eigenvalue weighted by molar-refractivity contribution is -0.149. The van der Waals surface area contributed by atoms with Crippen LogP contribution in [0.4, 0.5) is 4.39 Å². The topological polar surface area (TPSA) is 77.8 Å². The van der Waals surface area contributed by atoms with E-state index in [0.29, 0.717) is 17.9 Å². The van der Waals surface area contributed by atoms with Gasteiger partial charge in [0.2, 0.25) is 0 Å². The summed E-state index contributed by atoms with van der Waals surface area (Å²) in [7, 11) is 0.